The summed E-state index contributed by atoms with van der Waals surface area (Å²) in [5, 5.41) is 3.09. The normalized spacial score (nSPS) is 20.7. The van der Waals surface area contributed by atoms with Crippen molar-refractivity contribution in [2.24, 2.45) is 5.92 Å². The second kappa shape index (κ2) is 11.1. The maximum Gasteiger partial charge on any atom is 0.336 e. The van der Waals surface area contributed by atoms with E-state index in [0.29, 0.717) is 16.1 Å². The van der Waals surface area contributed by atoms with E-state index < -0.39 is 35.3 Å². The van der Waals surface area contributed by atoms with Gasteiger partial charge in [-0.15, -0.1) is 0 Å². The van der Waals surface area contributed by atoms with Crippen LogP contribution in [0.5, 0.6) is 0 Å². The topological polar surface area (TPSA) is 84.9 Å². The minimum atomic E-state index is -1.52. The number of carbonyl (C=O) groups excluding carboxylic acids is 3. The van der Waals surface area contributed by atoms with Crippen molar-refractivity contribution in [2.45, 2.75) is 18.0 Å². The Kier molecular flexibility index (Phi) is 7.90. The number of hydrogen-bond donors (Lipinski definition) is 1. The van der Waals surface area contributed by atoms with Crippen LogP contribution in [-0.2, 0) is 24.6 Å². The van der Waals surface area contributed by atoms with Gasteiger partial charge in [0.1, 0.15) is 0 Å². The Morgan fingerprint density at radius 2 is 1.59 bits per heavy atom. The second-order valence-electron chi connectivity index (χ2n) is 8.55. The Bertz CT molecular complexity index is 1320. The molecule has 4 rings (SSSR count). The van der Waals surface area contributed by atoms with Crippen LogP contribution in [0.4, 0.5) is 0 Å². The van der Waals surface area contributed by atoms with Gasteiger partial charge in [0.2, 0.25) is 0 Å². The monoisotopic (exact) mass is 536 g/mol. The van der Waals surface area contributed by atoms with Crippen LogP contribution in [0.15, 0.2) is 84.9 Å². The van der Waals surface area contributed by atoms with E-state index in [1.807, 2.05) is 36.4 Å². The molecule has 0 spiro atoms. The van der Waals surface area contributed by atoms with E-state index in [2.05, 4.69) is 5.32 Å². The highest BCUT2D eigenvalue weighted by atomic mass is 35.5. The molecule has 3 atom stereocenters. The summed E-state index contributed by atoms with van der Waals surface area (Å²) in [6, 6.07) is 23.8. The molecule has 190 valence electrons. The molecule has 7 nitrogen and oxygen atoms in total. The molecule has 1 amide bonds. The zero-order chi connectivity index (χ0) is 26.6. The lowest BCUT2D eigenvalue weighted by Crippen LogP contribution is -2.55. The predicted molar refractivity (Wildman–Crippen MR) is 143 cm³/mol. The number of hydrogen-bond acceptors (Lipinski definition) is 6. The average Bonchev–Trinajstić information content (AvgIpc) is 3.30. The minimum Gasteiger partial charge on any atom is -0.469 e. The summed E-state index contributed by atoms with van der Waals surface area (Å²) in [5.41, 5.74) is 0.0550. The quantitative estimate of drug-likeness (QED) is 0.375. The number of carbonyl (C=O) groups is 3. The van der Waals surface area contributed by atoms with Gasteiger partial charge in [-0.25, -0.2) is 4.79 Å². The molecule has 1 aliphatic heterocycles. The van der Waals surface area contributed by atoms with E-state index in [9.17, 15) is 14.4 Å². The maximum absolute atomic E-state index is 13.7. The summed E-state index contributed by atoms with van der Waals surface area (Å²) in [4.78, 5) is 41.6. The highest BCUT2D eigenvalue weighted by molar-refractivity contribution is 7.80. The van der Waals surface area contributed by atoms with Crippen LogP contribution in [0.2, 0.25) is 5.02 Å². The molecule has 3 aromatic rings. The first-order chi connectivity index (χ1) is 17.8. The van der Waals surface area contributed by atoms with Crippen LogP contribution in [-0.4, -0.2) is 42.1 Å². The van der Waals surface area contributed by atoms with E-state index in [4.69, 9.17) is 33.3 Å². The van der Waals surface area contributed by atoms with E-state index in [1.165, 1.54) is 20.3 Å². The fourth-order valence-corrected chi connectivity index (χ4v) is 5.49. The molecule has 9 heteroatoms. The van der Waals surface area contributed by atoms with E-state index in [0.717, 1.165) is 5.56 Å². The number of likely N-dealkylation sites (tertiary alicyclic amines) is 1. The first-order valence-corrected chi connectivity index (χ1v) is 12.3. The van der Waals surface area contributed by atoms with Gasteiger partial charge in [0, 0.05) is 17.0 Å². The summed E-state index contributed by atoms with van der Waals surface area (Å²) >= 11 is 11.9. The molecule has 1 fully saturated rings. The van der Waals surface area contributed by atoms with Crippen LogP contribution < -0.4 is 5.32 Å². The first kappa shape index (κ1) is 26.3. The third-order valence-electron chi connectivity index (χ3n) is 6.53. The Morgan fingerprint density at radius 1 is 0.946 bits per heavy atom. The van der Waals surface area contributed by atoms with Crippen LogP contribution in [0.1, 0.15) is 33.9 Å². The third kappa shape index (κ3) is 4.95. The number of nitrogens with one attached hydrogen (secondary N) is 1. The van der Waals surface area contributed by atoms with Crippen LogP contribution in [0, 0.1) is 5.92 Å². The lowest BCUT2D eigenvalue weighted by Gasteiger charge is -2.41. The number of thiocarbonyl (C=S) groups is 1. The summed E-state index contributed by atoms with van der Waals surface area (Å²) < 4.78 is 10.5. The van der Waals surface area contributed by atoms with Crippen LogP contribution in [0.3, 0.4) is 0 Å². The molecule has 0 aliphatic carbocycles. The molecule has 3 aromatic carbocycles. The molecule has 0 saturated carbocycles. The number of ether oxygens (including phenoxy) is 2. The summed E-state index contributed by atoms with van der Waals surface area (Å²) in [7, 11) is 2.58. The molecule has 0 radical (unpaired) electrons. The minimum absolute atomic E-state index is 0.0170. The highest BCUT2D eigenvalue weighted by Crippen LogP contribution is 2.53. The van der Waals surface area contributed by atoms with Gasteiger partial charge in [-0.3, -0.25) is 14.9 Å². The zero-order valence-electron chi connectivity index (χ0n) is 20.2. The fraction of sp³-hybridized carbons (Fsp3) is 0.214. The highest BCUT2D eigenvalue weighted by Gasteiger charge is 2.61. The van der Waals surface area contributed by atoms with E-state index in [1.54, 1.807) is 47.4 Å². The molecule has 37 heavy (non-hydrogen) atoms. The van der Waals surface area contributed by atoms with Gasteiger partial charge in [0.05, 0.1) is 26.2 Å². The summed E-state index contributed by atoms with van der Waals surface area (Å²) in [6.45, 7) is 0. The average molecular weight is 537 g/mol. The SMILES string of the molecule is COC(=O)[C@H]1C[C@](C(=O)OC)(c2ccccc2)N(C(=S)NC(=O)c2cccc(Cl)c2)[C@H]1c1ccccc1. The van der Waals surface area contributed by atoms with Crippen LogP contribution >= 0.6 is 23.8 Å². The molecule has 1 aliphatic rings. The van der Waals surface area contributed by atoms with Crippen molar-refractivity contribution < 1.29 is 23.9 Å². The molecule has 0 bridgehead atoms. The third-order valence-corrected chi connectivity index (χ3v) is 7.07. The Hall–Kier alpha value is -3.75. The van der Waals surface area contributed by atoms with Gasteiger partial charge < -0.3 is 14.4 Å². The smallest absolute Gasteiger partial charge is 0.336 e. The van der Waals surface area contributed by atoms with E-state index >= 15 is 0 Å². The van der Waals surface area contributed by atoms with Gasteiger partial charge in [0.15, 0.2) is 10.7 Å². The number of halogens is 1. The van der Waals surface area contributed by atoms with Crippen molar-refractivity contribution in [1.29, 1.82) is 0 Å². The predicted octanol–water partition coefficient (Wildman–Crippen LogP) is 4.66. The van der Waals surface area contributed by atoms with Gasteiger partial charge >= 0.3 is 11.9 Å². The fourth-order valence-electron chi connectivity index (χ4n) is 4.94. The number of esters is 2. The lowest BCUT2D eigenvalue weighted by molar-refractivity contribution is -0.152. The summed E-state index contributed by atoms with van der Waals surface area (Å²) in [5.74, 6) is -2.43. The van der Waals surface area contributed by atoms with Crippen LogP contribution in [0.25, 0.3) is 0 Å². The molecular weight excluding hydrogens is 512 g/mol. The standard InChI is InChI=1S/C28H25ClN2O5S/c1-35-25(33)22-17-28(26(34)36-2,20-13-7-4-8-14-20)31(23(22)18-10-5-3-6-11-18)27(37)30-24(32)19-12-9-15-21(29)16-19/h3-16,22-23H,17H2,1-2H3,(H,30,32,37)/t22-,23-,28+/m0/s1. The van der Waals surface area contributed by atoms with E-state index in [-0.39, 0.29) is 11.5 Å². The van der Waals surface area contributed by atoms with Crippen molar-refractivity contribution in [1.82, 2.24) is 10.2 Å². The second-order valence-corrected chi connectivity index (χ2v) is 9.37. The van der Waals surface area contributed by atoms with Crippen molar-refractivity contribution in [3.8, 4) is 0 Å². The maximum atomic E-state index is 13.7. The van der Waals surface area contributed by atoms with Crippen molar-refractivity contribution in [2.75, 3.05) is 14.2 Å². The Balaban J connectivity index is 1.90. The zero-order valence-corrected chi connectivity index (χ0v) is 21.8. The molecule has 1 N–H and O–H groups in total. The van der Waals surface area contributed by atoms with Crippen molar-refractivity contribution in [3.05, 3.63) is 107 Å². The van der Waals surface area contributed by atoms with Gasteiger partial charge in [-0.05, 0) is 41.5 Å². The lowest BCUT2D eigenvalue weighted by atomic mass is 9.84. The van der Waals surface area contributed by atoms with Gasteiger partial charge in [0.25, 0.3) is 5.91 Å². The molecule has 0 aromatic heterocycles. The molecular formula is C28H25ClN2O5S. The molecule has 0 unspecified atom stereocenters. The Morgan fingerprint density at radius 3 is 2.19 bits per heavy atom. The molecule has 1 heterocycles. The van der Waals surface area contributed by atoms with Crippen molar-refractivity contribution in [3.63, 3.8) is 0 Å². The largest absolute Gasteiger partial charge is 0.469 e. The van der Waals surface area contributed by atoms with Crippen molar-refractivity contribution >= 4 is 46.8 Å². The first-order valence-electron chi connectivity index (χ1n) is 11.5. The summed E-state index contributed by atoms with van der Waals surface area (Å²) in [6.07, 6.45) is 0.0170. The number of methoxy groups -OCH3 is 2. The Labute approximate surface area is 225 Å². The number of nitrogens with zero attached hydrogens (tertiary/aromatic N) is 1. The number of rotatable bonds is 5. The molecule has 1 saturated heterocycles. The number of benzene rings is 3. The number of amides is 1. The van der Waals surface area contributed by atoms with Gasteiger partial charge in [-0.1, -0.05) is 78.3 Å². The van der Waals surface area contributed by atoms with Gasteiger partial charge in [-0.2, -0.15) is 0 Å².